The molecular formula is C23H22N2O3. The number of carbonyl (C=O) groups is 2. The molecule has 28 heavy (non-hydrogen) atoms. The first kappa shape index (κ1) is 19.3. The summed E-state index contributed by atoms with van der Waals surface area (Å²) < 4.78 is 4.91. The van der Waals surface area contributed by atoms with Gasteiger partial charge < -0.3 is 9.64 Å². The fourth-order valence-electron chi connectivity index (χ4n) is 3.14. The molecule has 0 aliphatic rings. The van der Waals surface area contributed by atoms with Crippen molar-refractivity contribution in [3.63, 3.8) is 0 Å². The van der Waals surface area contributed by atoms with E-state index in [0.717, 1.165) is 28.1 Å². The molecule has 0 radical (unpaired) electrons. The summed E-state index contributed by atoms with van der Waals surface area (Å²) in [4.78, 5) is 30.5. The van der Waals surface area contributed by atoms with Crippen LogP contribution in [-0.4, -0.2) is 24.0 Å². The third-order valence-electron chi connectivity index (χ3n) is 4.44. The highest BCUT2D eigenvalue weighted by atomic mass is 16.5. The van der Waals surface area contributed by atoms with Crippen molar-refractivity contribution in [2.45, 2.75) is 20.4 Å². The van der Waals surface area contributed by atoms with Crippen molar-refractivity contribution < 1.29 is 14.3 Å². The van der Waals surface area contributed by atoms with E-state index in [4.69, 9.17) is 4.74 Å². The van der Waals surface area contributed by atoms with E-state index in [1.165, 1.54) is 14.0 Å². The van der Waals surface area contributed by atoms with E-state index >= 15 is 0 Å². The topological polar surface area (TPSA) is 59.5 Å². The second-order valence-electron chi connectivity index (χ2n) is 6.52. The van der Waals surface area contributed by atoms with Gasteiger partial charge >= 0.3 is 5.97 Å². The van der Waals surface area contributed by atoms with Gasteiger partial charge in [0.05, 0.1) is 24.9 Å². The molecule has 2 aromatic carbocycles. The summed E-state index contributed by atoms with van der Waals surface area (Å²) in [6.45, 7) is 3.87. The van der Waals surface area contributed by atoms with Crippen LogP contribution in [0, 0.1) is 6.92 Å². The Bertz CT molecular complexity index is 1000. The standard InChI is InChI=1S/C23H22N2O3/c1-16-12-18(21-9-4-5-10-22(21)23(27)28-3)14-20(13-16)25(17(2)26)15-19-8-6-7-11-24-19/h4-14H,15H2,1-3H3. The van der Waals surface area contributed by atoms with Gasteiger partial charge in [0.1, 0.15) is 0 Å². The lowest BCUT2D eigenvalue weighted by atomic mass is 9.97. The van der Waals surface area contributed by atoms with Gasteiger partial charge in [-0.15, -0.1) is 0 Å². The lowest BCUT2D eigenvalue weighted by molar-refractivity contribution is -0.116. The monoisotopic (exact) mass is 374 g/mol. The number of hydrogen-bond acceptors (Lipinski definition) is 4. The highest BCUT2D eigenvalue weighted by Crippen LogP contribution is 2.30. The number of hydrogen-bond donors (Lipinski definition) is 0. The highest BCUT2D eigenvalue weighted by Gasteiger charge is 2.17. The first-order valence-electron chi connectivity index (χ1n) is 8.97. The molecule has 0 bridgehead atoms. The molecule has 0 spiro atoms. The molecule has 0 N–H and O–H groups in total. The van der Waals surface area contributed by atoms with Crippen molar-refractivity contribution in [3.05, 3.63) is 83.7 Å². The van der Waals surface area contributed by atoms with Gasteiger partial charge in [-0.1, -0.05) is 30.3 Å². The average molecular weight is 374 g/mol. The second kappa shape index (κ2) is 8.48. The zero-order valence-corrected chi connectivity index (χ0v) is 16.2. The summed E-state index contributed by atoms with van der Waals surface area (Å²) in [5.74, 6) is -0.473. The van der Waals surface area contributed by atoms with Crippen LogP contribution in [0.3, 0.4) is 0 Å². The third-order valence-corrected chi connectivity index (χ3v) is 4.44. The maximum Gasteiger partial charge on any atom is 0.338 e. The van der Waals surface area contributed by atoms with Crippen LogP contribution in [0.2, 0.25) is 0 Å². The molecule has 0 fully saturated rings. The Balaban J connectivity index is 2.06. The Kier molecular flexibility index (Phi) is 5.84. The minimum atomic E-state index is -0.393. The van der Waals surface area contributed by atoms with Gasteiger partial charge in [-0.25, -0.2) is 4.79 Å². The van der Waals surface area contributed by atoms with Gasteiger partial charge in [0.15, 0.2) is 0 Å². The minimum Gasteiger partial charge on any atom is -0.465 e. The summed E-state index contributed by atoms with van der Waals surface area (Å²) in [6, 6.07) is 18.8. The number of aromatic nitrogens is 1. The van der Waals surface area contributed by atoms with E-state index in [-0.39, 0.29) is 5.91 Å². The van der Waals surface area contributed by atoms with E-state index in [9.17, 15) is 9.59 Å². The van der Waals surface area contributed by atoms with Crippen LogP contribution in [-0.2, 0) is 16.1 Å². The smallest absolute Gasteiger partial charge is 0.338 e. The molecule has 0 aliphatic heterocycles. The van der Waals surface area contributed by atoms with Crippen molar-refractivity contribution in [1.29, 1.82) is 0 Å². The molecule has 0 atom stereocenters. The SMILES string of the molecule is COC(=O)c1ccccc1-c1cc(C)cc(N(Cc2ccccn2)C(C)=O)c1. The summed E-state index contributed by atoms with van der Waals surface area (Å²) in [7, 11) is 1.37. The molecule has 3 aromatic rings. The van der Waals surface area contributed by atoms with Crippen LogP contribution in [0.15, 0.2) is 66.9 Å². The largest absolute Gasteiger partial charge is 0.465 e. The predicted octanol–water partition coefficient (Wildman–Crippen LogP) is 4.40. The second-order valence-corrected chi connectivity index (χ2v) is 6.52. The molecule has 1 amide bonds. The Morgan fingerprint density at radius 2 is 1.79 bits per heavy atom. The summed E-state index contributed by atoms with van der Waals surface area (Å²) in [5.41, 5.74) is 4.65. The number of benzene rings is 2. The molecule has 3 rings (SSSR count). The van der Waals surface area contributed by atoms with Crippen LogP contribution in [0.25, 0.3) is 11.1 Å². The molecule has 0 saturated carbocycles. The highest BCUT2D eigenvalue weighted by molar-refractivity contribution is 5.98. The van der Waals surface area contributed by atoms with Crippen molar-refractivity contribution in [2.75, 3.05) is 12.0 Å². The Labute approximate surface area is 164 Å². The Morgan fingerprint density at radius 1 is 1.04 bits per heavy atom. The number of nitrogens with zero attached hydrogens (tertiary/aromatic N) is 2. The number of methoxy groups -OCH3 is 1. The molecule has 5 heteroatoms. The maximum absolute atomic E-state index is 12.4. The normalized spacial score (nSPS) is 10.4. The Morgan fingerprint density at radius 3 is 2.46 bits per heavy atom. The Hall–Kier alpha value is -3.47. The van der Waals surface area contributed by atoms with Gasteiger partial charge in [-0.3, -0.25) is 9.78 Å². The van der Waals surface area contributed by atoms with Crippen LogP contribution in [0.1, 0.15) is 28.5 Å². The number of anilines is 1. The van der Waals surface area contributed by atoms with Gasteiger partial charge in [-0.2, -0.15) is 0 Å². The van der Waals surface area contributed by atoms with Crippen LogP contribution in [0.4, 0.5) is 5.69 Å². The van der Waals surface area contributed by atoms with E-state index < -0.39 is 5.97 Å². The lowest BCUT2D eigenvalue weighted by Gasteiger charge is -2.22. The van der Waals surface area contributed by atoms with Gasteiger partial charge in [0.25, 0.3) is 0 Å². The maximum atomic E-state index is 12.4. The average Bonchev–Trinajstić information content (AvgIpc) is 2.71. The fourth-order valence-corrected chi connectivity index (χ4v) is 3.14. The number of rotatable bonds is 5. The molecule has 0 aliphatic carbocycles. The first-order valence-corrected chi connectivity index (χ1v) is 8.97. The minimum absolute atomic E-state index is 0.0801. The van der Waals surface area contributed by atoms with Crippen molar-refractivity contribution in [3.8, 4) is 11.1 Å². The molecule has 0 saturated heterocycles. The van der Waals surface area contributed by atoms with Crippen molar-refractivity contribution in [1.82, 2.24) is 4.98 Å². The third kappa shape index (κ3) is 4.26. The number of carbonyl (C=O) groups excluding carboxylic acids is 2. The summed E-state index contributed by atoms with van der Waals surface area (Å²) in [5, 5.41) is 0. The number of amides is 1. The van der Waals surface area contributed by atoms with E-state index in [0.29, 0.717) is 12.1 Å². The van der Waals surface area contributed by atoms with Gasteiger partial charge in [-0.05, 0) is 53.9 Å². The van der Waals surface area contributed by atoms with E-state index in [1.807, 2.05) is 55.5 Å². The summed E-state index contributed by atoms with van der Waals surface area (Å²) in [6.07, 6.45) is 1.71. The number of esters is 1. The molecular weight excluding hydrogens is 352 g/mol. The van der Waals surface area contributed by atoms with Crippen molar-refractivity contribution >= 4 is 17.6 Å². The zero-order valence-electron chi connectivity index (χ0n) is 16.2. The lowest BCUT2D eigenvalue weighted by Crippen LogP contribution is -2.28. The summed E-state index contributed by atoms with van der Waals surface area (Å²) >= 11 is 0. The van der Waals surface area contributed by atoms with Crippen LogP contribution < -0.4 is 4.90 Å². The quantitative estimate of drug-likeness (QED) is 0.621. The van der Waals surface area contributed by atoms with Crippen LogP contribution >= 0.6 is 0 Å². The van der Waals surface area contributed by atoms with Gasteiger partial charge in [0.2, 0.25) is 5.91 Å². The van der Waals surface area contributed by atoms with E-state index in [1.54, 1.807) is 23.2 Å². The molecule has 142 valence electrons. The molecule has 1 aromatic heterocycles. The fraction of sp³-hybridized carbons (Fsp3) is 0.174. The van der Waals surface area contributed by atoms with Crippen molar-refractivity contribution in [2.24, 2.45) is 0 Å². The molecule has 0 unspecified atom stereocenters. The molecule has 5 nitrogen and oxygen atoms in total. The zero-order chi connectivity index (χ0) is 20.1. The number of ether oxygens (including phenoxy) is 1. The predicted molar refractivity (Wildman–Crippen MR) is 109 cm³/mol. The van der Waals surface area contributed by atoms with E-state index in [2.05, 4.69) is 4.98 Å². The number of pyridine rings is 1. The van der Waals surface area contributed by atoms with Gasteiger partial charge in [0, 0.05) is 18.8 Å². The number of aryl methyl sites for hydroxylation is 1. The first-order chi connectivity index (χ1) is 13.5. The van der Waals surface area contributed by atoms with Crippen LogP contribution in [0.5, 0.6) is 0 Å². The molecule has 1 heterocycles.